The number of hydrogen-bond donors (Lipinski definition) is 0. The molecule has 280 valence electrons. The molecule has 0 aliphatic carbocycles. The summed E-state index contributed by atoms with van der Waals surface area (Å²) in [4.78, 5) is 38.7. The van der Waals surface area contributed by atoms with Gasteiger partial charge >= 0.3 is 6.09 Å². The third-order valence-corrected chi connectivity index (χ3v) is 11.0. The fourth-order valence-electron chi connectivity index (χ4n) is 8.17. The molecule has 4 atom stereocenters. The van der Waals surface area contributed by atoms with Gasteiger partial charge in [-0.1, -0.05) is 23.2 Å². The molecular weight excluding hydrogens is 724 g/mol. The number of halogens is 3. The van der Waals surface area contributed by atoms with Crippen LogP contribution in [0.25, 0.3) is 32.9 Å². The van der Waals surface area contributed by atoms with Crippen molar-refractivity contribution in [2.24, 2.45) is 0 Å². The monoisotopic (exact) mass is 765 g/mol. The molecule has 0 N–H and O–H groups in total. The number of carbonyl (C=O) groups excluding carboxylic acids is 2. The standard InChI is InChI=1S/C38H42Cl2FN7O5/c1-20-15-46-27(18-45(20)37(50)53-38(2,3)4)28(19-49)47-17-21(16-44(5)6)52-36-35(47)34(46)22-13-25(40)31(32(41)33(22)43-36)30-23-14-42-48(26(23)11-10-24(30)39)29-9-7-8-12-51-29/h10-11,13-14,20-21,27,29H,7-9,12,15-18H2,1-6H3/t20-,21-,27-,29?/m1/s1. The van der Waals surface area contributed by atoms with E-state index in [1.165, 1.54) is 0 Å². The molecule has 15 heteroatoms. The molecule has 2 fully saturated rings. The van der Waals surface area contributed by atoms with Gasteiger partial charge in [-0.15, -0.1) is 0 Å². The molecule has 2 saturated heterocycles. The molecule has 1 amide bonds. The first kappa shape index (κ1) is 35.9. The highest BCUT2D eigenvalue weighted by molar-refractivity contribution is 6.39. The van der Waals surface area contributed by atoms with Gasteiger partial charge in [-0.2, -0.15) is 5.10 Å². The van der Waals surface area contributed by atoms with Crippen molar-refractivity contribution < 1.29 is 28.2 Å². The Kier molecular flexibility index (Phi) is 9.01. The van der Waals surface area contributed by atoms with Crippen molar-refractivity contribution in [3.63, 3.8) is 0 Å². The Labute approximate surface area is 316 Å². The summed E-state index contributed by atoms with van der Waals surface area (Å²) in [5, 5.41) is 6.16. The SMILES string of the molecule is C[C@@H]1CN2c3c4c(nc5c(F)c(-c6c(Cl)ccc7c6cnn7C6CCCCO6)c(Cl)cc35)O[C@H](CN(C)C)CN4C(=C=O)[C@H]2CN1C(=O)OC(C)(C)C. The van der Waals surface area contributed by atoms with Crippen LogP contribution in [0.5, 0.6) is 5.88 Å². The molecule has 0 spiro atoms. The van der Waals surface area contributed by atoms with E-state index >= 15 is 4.39 Å². The van der Waals surface area contributed by atoms with E-state index in [1.807, 2.05) is 67.2 Å². The second-order valence-corrected chi connectivity index (χ2v) is 16.4. The molecule has 4 aliphatic rings. The van der Waals surface area contributed by atoms with Crippen LogP contribution >= 0.6 is 23.2 Å². The van der Waals surface area contributed by atoms with Crippen molar-refractivity contribution >= 4 is 68.4 Å². The summed E-state index contributed by atoms with van der Waals surface area (Å²) in [7, 11) is 3.85. The van der Waals surface area contributed by atoms with Crippen molar-refractivity contribution in [1.82, 2.24) is 24.6 Å². The Hall–Kier alpha value is -4.13. The Morgan fingerprint density at radius 2 is 1.89 bits per heavy atom. The van der Waals surface area contributed by atoms with Crippen LogP contribution in [0.4, 0.5) is 20.6 Å². The second kappa shape index (κ2) is 13.3. The number of ether oxygens (including phenoxy) is 3. The van der Waals surface area contributed by atoms with Gasteiger partial charge in [0.2, 0.25) is 5.88 Å². The van der Waals surface area contributed by atoms with Gasteiger partial charge in [-0.05, 0) is 79.3 Å². The number of piperazine rings is 1. The number of likely N-dealkylation sites (N-methyl/N-ethyl adjacent to an activating group) is 1. The van der Waals surface area contributed by atoms with Crippen molar-refractivity contribution in [1.29, 1.82) is 0 Å². The third-order valence-electron chi connectivity index (χ3n) is 10.4. The topological polar surface area (TPSA) is 106 Å². The molecule has 1 unspecified atom stereocenters. The highest BCUT2D eigenvalue weighted by Crippen LogP contribution is 2.54. The van der Waals surface area contributed by atoms with E-state index in [2.05, 4.69) is 11.0 Å². The van der Waals surface area contributed by atoms with Crippen LogP contribution in [0.1, 0.15) is 53.2 Å². The maximum atomic E-state index is 17.5. The molecule has 0 bridgehead atoms. The largest absolute Gasteiger partial charge is 0.470 e. The number of amides is 1. The number of carbonyl (C=O) groups is 1. The molecule has 4 aliphatic heterocycles. The highest BCUT2D eigenvalue weighted by Gasteiger charge is 2.48. The minimum Gasteiger partial charge on any atom is -0.470 e. The van der Waals surface area contributed by atoms with E-state index in [0.29, 0.717) is 64.7 Å². The average Bonchev–Trinajstić information content (AvgIpc) is 3.53. The number of anilines is 2. The lowest BCUT2D eigenvalue weighted by molar-refractivity contribution is -0.0366. The first-order valence-electron chi connectivity index (χ1n) is 18.0. The van der Waals surface area contributed by atoms with E-state index in [9.17, 15) is 9.59 Å². The van der Waals surface area contributed by atoms with Crippen LogP contribution in [0, 0.1) is 5.82 Å². The maximum absolute atomic E-state index is 17.5. The Morgan fingerprint density at radius 3 is 2.58 bits per heavy atom. The molecule has 2 aromatic heterocycles. The van der Waals surface area contributed by atoms with Crippen molar-refractivity contribution in [2.45, 2.75) is 77.0 Å². The molecule has 2 aromatic carbocycles. The lowest BCUT2D eigenvalue weighted by Crippen LogP contribution is -2.64. The molecule has 8 rings (SSSR count). The van der Waals surface area contributed by atoms with Crippen molar-refractivity contribution in [3.8, 4) is 17.0 Å². The summed E-state index contributed by atoms with van der Waals surface area (Å²) in [5.41, 5.74) is 2.08. The summed E-state index contributed by atoms with van der Waals surface area (Å²) >= 11 is 14.0. The lowest BCUT2D eigenvalue weighted by Gasteiger charge is -2.53. The quantitative estimate of drug-likeness (QED) is 0.201. The Balaban J connectivity index is 1.32. The fourth-order valence-corrected chi connectivity index (χ4v) is 8.71. The van der Waals surface area contributed by atoms with Gasteiger partial charge in [0.05, 0.1) is 41.6 Å². The summed E-state index contributed by atoms with van der Waals surface area (Å²) in [6, 6.07) is 4.36. The normalized spacial score (nSPS) is 22.9. The Bertz CT molecular complexity index is 2190. The van der Waals surface area contributed by atoms with E-state index in [1.54, 1.807) is 23.2 Å². The first-order valence-corrected chi connectivity index (χ1v) is 18.7. The first-order chi connectivity index (χ1) is 25.3. The highest BCUT2D eigenvalue weighted by atomic mass is 35.5. The smallest absolute Gasteiger partial charge is 0.410 e. The lowest BCUT2D eigenvalue weighted by atomic mass is 9.93. The number of aromatic nitrogens is 3. The predicted octanol–water partition coefficient (Wildman–Crippen LogP) is 7.07. The summed E-state index contributed by atoms with van der Waals surface area (Å²) < 4.78 is 37.6. The van der Waals surface area contributed by atoms with E-state index < -0.39 is 29.7 Å². The van der Waals surface area contributed by atoms with E-state index in [4.69, 9.17) is 42.4 Å². The Morgan fingerprint density at radius 1 is 1.09 bits per heavy atom. The number of benzene rings is 2. The minimum absolute atomic E-state index is 0.0409. The summed E-state index contributed by atoms with van der Waals surface area (Å²) in [6.45, 7) is 9.30. The zero-order valence-corrected chi connectivity index (χ0v) is 32.1. The van der Waals surface area contributed by atoms with Crippen molar-refractivity contribution in [3.05, 3.63) is 46.0 Å². The van der Waals surface area contributed by atoms with Crippen LogP contribution in [0.15, 0.2) is 30.1 Å². The van der Waals surface area contributed by atoms with Gasteiger partial charge < -0.3 is 33.8 Å². The van der Waals surface area contributed by atoms with Crippen LogP contribution in [-0.4, -0.2) is 107 Å². The number of pyridine rings is 1. The van der Waals surface area contributed by atoms with Crippen LogP contribution in [0.3, 0.4) is 0 Å². The summed E-state index contributed by atoms with van der Waals surface area (Å²) in [6.07, 6.45) is 3.37. The summed E-state index contributed by atoms with van der Waals surface area (Å²) in [5.74, 6) is 1.72. The van der Waals surface area contributed by atoms with Crippen molar-refractivity contribution in [2.75, 3.05) is 56.7 Å². The zero-order chi connectivity index (χ0) is 37.5. The van der Waals surface area contributed by atoms with Gasteiger partial charge in [-0.25, -0.2) is 23.6 Å². The molecular formula is C38H42Cl2FN7O5. The third kappa shape index (κ3) is 6.06. The van der Waals surface area contributed by atoms with Gasteiger partial charge in [0, 0.05) is 52.7 Å². The van der Waals surface area contributed by atoms with Gasteiger partial charge in [0.1, 0.15) is 34.5 Å². The van der Waals surface area contributed by atoms with E-state index in [-0.39, 0.29) is 40.8 Å². The van der Waals surface area contributed by atoms with Gasteiger partial charge in [0.25, 0.3) is 0 Å². The number of rotatable bonds is 4. The van der Waals surface area contributed by atoms with Gasteiger partial charge in [-0.3, -0.25) is 0 Å². The van der Waals surface area contributed by atoms with Gasteiger partial charge in [0.15, 0.2) is 12.0 Å². The molecule has 0 radical (unpaired) electrons. The number of hydrogen-bond acceptors (Lipinski definition) is 10. The molecule has 53 heavy (non-hydrogen) atoms. The van der Waals surface area contributed by atoms with E-state index in [0.717, 1.165) is 24.8 Å². The molecule has 4 aromatic rings. The fraction of sp³-hybridized carbons (Fsp3) is 0.500. The number of fused-ring (bicyclic) bond motifs is 5. The molecule has 0 saturated carbocycles. The van der Waals surface area contributed by atoms with Crippen LogP contribution in [-0.2, 0) is 14.3 Å². The zero-order valence-electron chi connectivity index (χ0n) is 30.6. The molecule has 6 heterocycles. The maximum Gasteiger partial charge on any atom is 0.410 e. The van der Waals surface area contributed by atoms with Crippen LogP contribution in [0.2, 0.25) is 10.0 Å². The average molecular weight is 767 g/mol. The number of nitrogens with zero attached hydrogens (tertiary/aromatic N) is 7. The van der Waals surface area contributed by atoms with Crippen LogP contribution < -0.4 is 14.5 Å². The molecule has 12 nitrogen and oxygen atoms in total. The minimum atomic E-state index is -0.710. The predicted molar refractivity (Wildman–Crippen MR) is 202 cm³/mol. The second-order valence-electron chi connectivity index (χ2n) is 15.6.